The number of benzene rings is 2. The summed E-state index contributed by atoms with van der Waals surface area (Å²) in [5.74, 6) is -0.311. The zero-order valence-corrected chi connectivity index (χ0v) is 12.5. The molecule has 2 aromatic carbocycles. The molecule has 0 bridgehead atoms. The number of aliphatic hydroxyl groups excluding tert-OH is 1. The van der Waals surface area contributed by atoms with Crippen LogP contribution < -0.4 is 0 Å². The van der Waals surface area contributed by atoms with E-state index in [0.29, 0.717) is 22.3 Å². The summed E-state index contributed by atoms with van der Waals surface area (Å²) in [6, 6.07) is 12.0. The zero-order valence-electron chi connectivity index (χ0n) is 10.1. The SMILES string of the molecule is OC(Cc1cc(F)cc(Br)c1)Cc1ccccc1Cl. The predicted molar refractivity (Wildman–Crippen MR) is 79.0 cm³/mol. The van der Waals surface area contributed by atoms with E-state index < -0.39 is 6.10 Å². The molecule has 2 rings (SSSR count). The van der Waals surface area contributed by atoms with Gasteiger partial charge < -0.3 is 5.11 Å². The minimum atomic E-state index is -0.589. The number of aliphatic hydroxyl groups is 1. The maximum absolute atomic E-state index is 13.2. The highest BCUT2D eigenvalue weighted by Gasteiger charge is 2.10. The van der Waals surface area contributed by atoms with Crippen LogP contribution in [0.2, 0.25) is 5.02 Å². The van der Waals surface area contributed by atoms with E-state index in [1.807, 2.05) is 18.2 Å². The second kappa shape index (κ2) is 6.51. The van der Waals surface area contributed by atoms with Crippen LogP contribution >= 0.6 is 27.5 Å². The first kappa shape index (κ1) is 14.5. The molecule has 1 nitrogen and oxygen atoms in total. The summed E-state index contributed by atoms with van der Waals surface area (Å²) in [6.45, 7) is 0. The number of halogens is 3. The molecule has 0 saturated carbocycles. The van der Waals surface area contributed by atoms with E-state index in [0.717, 1.165) is 11.1 Å². The summed E-state index contributed by atoms with van der Waals surface area (Å²) in [6.07, 6.45) is 0.253. The molecule has 0 aliphatic rings. The van der Waals surface area contributed by atoms with Crippen LogP contribution in [0, 0.1) is 5.82 Å². The monoisotopic (exact) mass is 342 g/mol. The fourth-order valence-corrected chi connectivity index (χ4v) is 2.72. The predicted octanol–water partition coefficient (Wildman–Crippen LogP) is 4.39. The van der Waals surface area contributed by atoms with Gasteiger partial charge in [-0.1, -0.05) is 45.7 Å². The second-order valence-corrected chi connectivity index (χ2v) is 5.75. The Hall–Kier alpha value is -0.900. The van der Waals surface area contributed by atoms with E-state index >= 15 is 0 Å². The van der Waals surface area contributed by atoms with Crippen molar-refractivity contribution >= 4 is 27.5 Å². The average molecular weight is 344 g/mol. The maximum Gasteiger partial charge on any atom is 0.124 e. The van der Waals surface area contributed by atoms with Crippen molar-refractivity contribution in [3.05, 3.63) is 68.9 Å². The third-order valence-electron chi connectivity index (χ3n) is 2.81. The first-order chi connectivity index (χ1) is 9.04. The van der Waals surface area contributed by atoms with Crippen molar-refractivity contribution in [1.29, 1.82) is 0 Å². The molecule has 100 valence electrons. The van der Waals surface area contributed by atoms with Gasteiger partial charge in [-0.15, -0.1) is 0 Å². The van der Waals surface area contributed by atoms with Crippen molar-refractivity contribution in [3.63, 3.8) is 0 Å². The molecule has 0 saturated heterocycles. The van der Waals surface area contributed by atoms with Gasteiger partial charge in [0.25, 0.3) is 0 Å². The number of hydrogen-bond donors (Lipinski definition) is 1. The standard InChI is InChI=1S/C15H13BrClFO/c16-12-5-10(6-13(18)9-12)7-14(19)8-11-3-1-2-4-15(11)17/h1-6,9,14,19H,7-8H2. The largest absolute Gasteiger partial charge is 0.392 e. The van der Waals surface area contributed by atoms with Gasteiger partial charge in [-0.25, -0.2) is 4.39 Å². The van der Waals surface area contributed by atoms with E-state index in [4.69, 9.17) is 11.6 Å². The van der Waals surface area contributed by atoms with Crippen LogP contribution in [0.3, 0.4) is 0 Å². The Morgan fingerprint density at radius 2 is 1.89 bits per heavy atom. The van der Waals surface area contributed by atoms with Gasteiger partial charge in [-0.05, 0) is 41.8 Å². The van der Waals surface area contributed by atoms with Crippen LogP contribution in [0.15, 0.2) is 46.9 Å². The lowest BCUT2D eigenvalue weighted by Crippen LogP contribution is -2.14. The molecule has 0 spiro atoms. The first-order valence-corrected chi connectivity index (χ1v) is 7.08. The number of hydrogen-bond acceptors (Lipinski definition) is 1. The van der Waals surface area contributed by atoms with Gasteiger partial charge in [-0.2, -0.15) is 0 Å². The molecule has 0 aliphatic carbocycles. The minimum absolute atomic E-state index is 0.311. The van der Waals surface area contributed by atoms with Gasteiger partial charge in [0.15, 0.2) is 0 Å². The molecule has 0 aliphatic heterocycles. The summed E-state index contributed by atoms with van der Waals surface area (Å²) >= 11 is 9.28. The molecule has 1 atom stereocenters. The Kier molecular flexibility index (Phi) is 4.97. The van der Waals surface area contributed by atoms with Crippen molar-refractivity contribution in [1.82, 2.24) is 0 Å². The van der Waals surface area contributed by atoms with Crippen molar-refractivity contribution in [2.24, 2.45) is 0 Å². The lowest BCUT2D eigenvalue weighted by Gasteiger charge is -2.12. The van der Waals surface area contributed by atoms with E-state index in [1.54, 1.807) is 12.1 Å². The smallest absolute Gasteiger partial charge is 0.124 e. The molecule has 1 N–H and O–H groups in total. The molecule has 0 heterocycles. The van der Waals surface area contributed by atoms with Crippen LogP contribution in [0.1, 0.15) is 11.1 Å². The molecule has 0 radical (unpaired) electrons. The topological polar surface area (TPSA) is 20.2 Å². The van der Waals surface area contributed by atoms with Crippen molar-refractivity contribution in [2.75, 3.05) is 0 Å². The Morgan fingerprint density at radius 3 is 2.58 bits per heavy atom. The van der Waals surface area contributed by atoms with Gasteiger partial charge in [0, 0.05) is 15.9 Å². The lowest BCUT2D eigenvalue weighted by atomic mass is 10.0. The molecular weight excluding hydrogens is 331 g/mol. The van der Waals surface area contributed by atoms with E-state index in [-0.39, 0.29) is 5.82 Å². The first-order valence-electron chi connectivity index (χ1n) is 5.91. The Morgan fingerprint density at radius 1 is 1.16 bits per heavy atom. The van der Waals surface area contributed by atoms with E-state index in [1.165, 1.54) is 12.1 Å². The van der Waals surface area contributed by atoms with Crippen LogP contribution in [-0.4, -0.2) is 11.2 Å². The van der Waals surface area contributed by atoms with E-state index in [2.05, 4.69) is 15.9 Å². The van der Waals surface area contributed by atoms with Crippen molar-refractivity contribution in [3.8, 4) is 0 Å². The summed E-state index contributed by atoms with van der Waals surface area (Å²) in [4.78, 5) is 0. The fourth-order valence-electron chi connectivity index (χ4n) is 1.99. The highest BCUT2D eigenvalue weighted by Crippen LogP contribution is 2.20. The quantitative estimate of drug-likeness (QED) is 0.873. The Bertz CT molecular complexity index is 554. The number of rotatable bonds is 4. The zero-order chi connectivity index (χ0) is 13.8. The summed E-state index contributed by atoms with van der Waals surface area (Å²) in [5, 5.41) is 10.7. The van der Waals surface area contributed by atoms with Gasteiger partial charge in [0.1, 0.15) is 5.82 Å². The molecule has 2 aromatic rings. The summed E-state index contributed by atoms with van der Waals surface area (Å²) in [7, 11) is 0. The second-order valence-electron chi connectivity index (χ2n) is 4.43. The van der Waals surface area contributed by atoms with Crippen LogP contribution in [0.5, 0.6) is 0 Å². The summed E-state index contributed by atoms with van der Waals surface area (Å²) < 4.78 is 13.9. The van der Waals surface area contributed by atoms with Gasteiger partial charge >= 0.3 is 0 Å². The summed E-state index contributed by atoms with van der Waals surface area (Å²) in [5.41, 5.74) is 1.65. The normalized spacial score (nSPS) is 12.4. The average Bonchev–Trinajstić information content (AvgIpc) is 2.30. The van der Waals surface area contributed by atoms with Crippen molar-refractivity contribution in [2.45, 2.75) is 18.9 Å². The van der Waals surface area contributed by atoms with Crippen LogP contribution in [0.25, 0.3) is 0 Å². The van der Waals surface area contributed by atoms with Crippen LogP contribution in [0.4, 0.5) is 4.39 Å². The molecule has 1 unspecified atom stereocenters. The van der Waals surface area contributed by atoms with E-state index in [9.17, 15) is 9.50 Å². The van der Waals surface area contributed by atoms with Gasteiger partial charge in [-0.3, -0.25) is 0 Å². The van der Waals surface area contributed by atoms with Gasteiger partial charge in [0.2, 0.25) is 0 Å². The molecule has 0 fully saturated rings. The third kappa shape index (κ3) is 4.30. The minimum Gasteiger partial charge on any atom is -0.392 e. The van der Waals surface area contributed by atoms with Crippen molar-refractivity contribution < 1.29 is 9.50 Å². The molecular formula is C15H13BrClFO. The molecule has 4 heteroatoms. The molecule has 0 aromatic heterocycles. The third-order valence-corrected chi connectivity index (χ3v) is 3.63. The van der Waals surface area contributed by atoms with Gasteiger partial charge in [0.05, 0.1) is 6.10 Å². The Labute approximate surface area is 125 Å². The Balaban J connectivity index is 2.05. The maximum atomic E-state index is 13.2. The fraction of sp³-hybridized carbons (Fsp3) is 0.200. The highest BCUT2D eigenvalue weighted by molar-refractivity contribution is 9.10. The lowest BCUT2D eigenvalue weighted by molar-refractivity contribution is 0.175. The van der Waals surface area contributed by atoms with Crippen LogP contribution in [-0.2, 0) is 12.8 Å². The highest BCUT2D eigenvalue weighted by atomic mass is 79.9. The molecule has 0 amide bonds. The molecule has 19 heavy (non-hydrogen) atoms.